The minimum Gasteiger partial charge on any atom is -0.302 e. The smallest absolute Gasteiger partial charge is 0.137 e. The summed E-state index contributed by atoms with van der Waals surface area (Å²) in [5, 5.41) is 8.15. The first kappa shape index (κ1) is 8.09. The van der Waals surface area contributed by atoms with Crippen LogP contribution < -0.4 is 0 Å². The Bertz CT molecular complexity index is 119. The summed E-state index contributed by atoms with van der Waals surface area (Å²) < 4.78 is 11.4. The molecule has 0 aromatic heterocycles. The van der Waals surface area contributed by atoms with Crippen LogP contribution in [0.5, 0.6) is 0 Å². The zero-order valence-electron chi connectivity index (χ0n) is 5.01. The van der Waals surface area contributed by atoms with E-state index in [4.69, 9.17) is 5.26 Å². The zero-order valence-corrected chi connectivity index (χ0v) is 5.01. The number of carbonyl (C=O) groups excluding carboxylic acids is 1. The van der Waals surface area contributed by atoms with Crippen molar-refractivity contribution < 1.29 is 9.18 Å². The highest BCUT2D eigenvalue weighted by Crippen LogP contribution is 2.00. The van der Waals surface area contributed by atoms with Crippen LogP contribution in [0.1, 0.15) is 12.8 Å². The fourth-order valence-electron chi connectivity index (χ4n) is 0.460. The molecule has 0 aromatic rings. The van der Waals surface area contributed by atoms with E-state index in [1.54, 1.807) is 6.07 Å². The monoisotopic (exact) mass is 129 g/mol. The number of aldehydes is 1. The Morgan fingerprint density at radius 3 is 2.78 bits per heavy atom. The van der Waals surface area contributed by atoms with E-state index < -0.39 is 12.6 Å². The maximum atomic E-state index is 11.4. The lowest BCUT2D eigenvalue weighted by Gasteiger charge is -1.94. The summed E-state index contributed by atoms with van der Waals surface area (Å²) in [5.74, 6) is -0.610. The van der Waals surface area contributed by atoms with Crippen molar-refractivity contribution in [2.75, 3.05) is 6.67 Å². The molecule has 0 rings (SSSR count). The molecule has 0 spiro atoms. The van der Waals surface area contributed by atoms with Gasteiger partial charge < -0.3 is 4.79 Å². The fourth-order valence-corrected chi connectivity index (χ4v) is 0.460. The number of hydrogen-bond donors (Lipinski definition) is 0. The zero-order chi connectivity index (χ0) is 7.11. The first-order chi connectivity index (χ1) is 4.35. The molecule has 1 atom stereocenters. The largest absolute Gasteiger partial charge is 0.302 e. The van der Waals surface area contributed by atoms with Gasteiger partial charge in [0.1, 0.15) is 12.2 Å². The third-order valence-corrected chi connectivity index (χ3v) is 0.979. The van der Waals surface area contributed by atoms with Crippen molar-refractivity contribution in [2.24, 2.45) is 5.92 Å². The predicted molar refractivity (Wildman–Crippen MR) is 30.4 cm³/mol. The molecule has 9 heavy (non-hydrogen) atoms. The third kappa shape index (κ3) is 3.65. The normalized spacial score (nSPS) is 12.0. The molecule has 2 nitrogen and oxygen atoms in total. The highest BCUT2D eigenvalue weighted by Gasteiger charge is 2.02. The van der Waals surface area contributed by atoms with Crippen molar-refractivity contribution >= 4 is 6.29 Å². The van der Waals surface area contributed by atoms with Gasteiger partial charge in [0.05, 0.1) is 12.7 Å². The van der Waals surface area contributed by atoms with Gasteiger partial charge in [0, 0.05) is 0 Å². The van der Waals surface area contributed by atoms with Crippen molar-refractivity contribution in [3.8, 4) is 6.07 Å². The Labute approximate surface area is 53.3 Å². The number of carbonyl (C=O) groups is 1. The van der Waals surface area contributed by atoms with E-state index in [0.717, 1.165) is 0 Å². The average molecular weight is 129 g/mol. The standard InChI is InChI=1S/C6H8FNO/c7-3-1-2-6(4-8)5-9/h5-6H,1-3H2. The predicted octanol–water partition coefficient (Wildman–Crippen LogP) is 1.07. The number of halogens is 1. The van der Waals surface area contributed by atoms with E-state index in [1.165, 1.54) is 0 Å². The lowest BCUT2D eigenvalue weighted by molar-refractivity contribution is -0.109. The van der Waals surface area contributed by atoms with Gasteiger partial charge in [-0.3, -0.25) is 4.39 Å². The number of hydrogen-bond acceptors (Lipinski definition) is 2. The minimum atomic E-state index is -0.610. The number of alkyl halides is 1. The van der Waals surface area contributed by atoms with Crippen molar-refractivity contribution in [3.63, 3.8) is 0 Å². The van der Waals surface area contributed by atoms with E-state index in [9.17, 15) is 9.18 Å². The molecule has 0 heterocycles. The highest BCUT2D eigenvalue weighted by molar-refractivity contribution is 5.57. The molecular formula is C6H8FNO. The lowest BCUT2D eigenvalue weighted by atomic mass is 10.1. The average Bonchev–Trinajstić information content (AvgIpc) is 1.91. The van der Waals surface area contributed by atoms with Gasteiger partial charge in [0.2, 0.25) is 0 Å². The summed E-state index contributed by atoms with van der Waals surface area (Å²) in [7, 11) is 0. The van der Waals surface area contributed by atoms with Gasteiger partial charge in [0.25, 0.3) is 0 Å². The third-order valence-electron chi connectivity index (χ3n) is 0.979. The van der Waals surface area contributed by atoms with Gasteiger partial charge >= 0.3 is 0 Å². The van der Waals surface area contributed by atoms with Crippen LogP contribution >= 0.6 is 0 Å². The quantitative estimate of drug-likeness (QED) is 0.533. The van der Waals surface area contributed by atoms with E-state index in [0.29, 0.717) is 19.1 Å². The Morgan fingerprint density at radius 1 is 1.78 bits per heavy atom. The first-order valence-corrected chi connectivity index (χ1v) is 2.76. The highest BCUT2D eigenvalue weighted by atomic mass is 19.1. The summed E-state index contributed by atoms with van der Waals surface area (Å²) >= 11 is 0. The van der Waals surface area contributed by atoms with Crippen LogP contribution in [-0.2, 0) is 4.79 Å². The molecule has 0 aliphatic heterocycles. The topological polar surface area (TPSA) is 40.9 Å². The molecule has 0 saturated heterocycles. The summed E-state index contributed by atoms with van der Waals surface area (Å²) in [6, 6.07) is 1.75. The van der Waals surface area contributed by atoms with Crippen molar-refractivity contribution in [1.82, 2.24) is 0 Å². The SMILES string of the molecule is N#CC(C=O)CCCF. The molecule has 0 N–H and O–H groups in total. The second-order valence-electron chi connectivity index (χ2n) is 1.70. The van der Waals surface area contributed by atoms with Gasteiger partial charge in [-0.25, -0.2) is 0 Å². The summed E-state index contributed by atoms with van der Waals surface area (Å²) in [4.78, 5) is 9.90. The van der Waals surface area contributed by atoms with E-state index in [1.807, 2.05) is 0 Å². The van der Waals surface area contributed by atoms with E-state index in [2.05, 4.69) is 0 Å². The Morgan fingerprint density at radius 2 is 2.44 bits per heavy atom. The Hall–Kier alpha value is -0.910. The molecule has 3 heteroatoms. The van der Waals surface area contributed by atoms with Gasteiger partial charge in [0.15, 0.2) is 0 Å². The number of nitrogens with zero attached hydrogens (tertiary/aromatic N) is 1. The fraction of sp³-hybridized carbons (Fsp3) is 0.667. The van der Waals surface area contributed by atoms with Gasteiger partial charge in [-0.1, -0.05) is 0 Å². The molecule has 0 saturated carbocycles. The molecule has 0 amide bonds. The molecule has 0 aliphatic carbocycles. The molecular weight excluding hydrogens is 121 g/mol. The van der Waals surface area contributed by atoms with Crippen LogP contribution in [0.25, 0.3) is 0 Å². The first-order valence-electron chi connectivity index (χ1n) is 2.76. The second-order valence-corrected chi connectivity index (χ2v) is 1.70. The molecule has 0 fully saturated rings. The number of nitriles is 1. The van der Waals surface area contributed by atoms with Crippen LogP contribution in [0, 0.1) is 17.2 Å². The molecule has 0 radical (unpaired) electrons. The van der Waals surface area contributed by atoms with E-state index >= 15 is 0 Å². The van der Waals surface area contributed by atoms with Crippen molar-refractivity contribution in [1.29, 1.82) is 5.26 Å². The van der Waals surface area contributed by atoms with Crippen LogP contribution in [0.4, 0.5) is 4.39 Å². The minimum absolute atomic E-state index is 0.303. The molecule has 50 valence electrons. The van der Waals surface area contributed by atoms with Crippen LogP contribution in [0.2, 0.25) is 0 Å². The molecule has 0 aliphatic rings. The lowest BCUT2D eigenvalue weighted by Crippen LogP contribution is -1.97. The molecule has 0 aromatic carbocycles. The van der Waals surface area contributed by atoms with Crippen LogP contribution in [0.3, 0.4) is 0 Å². The Kier molecular flexibility index (Phi) is 4.70. The van der Waals surface area contributed by atoms with Gasteiger partial charge in [-0.15, -0.1) is 0 Å². The van der Waals surface area contributed by atoms with Crippen molar-refractivity contribution in [3.05, 3.63) is 0 Å². The summed E-state index contributed by atoms with van der Waals surface area (Å²) in [6.45, 7) is -0.452. The molecule has 1 unspecified atom stereocenters. The van der Waals surface area contributed by atoms with Gasteiger partial charge in [-0.05, 0) is 12.8 Å². The van der Waals surface area contributed by atoms with E-state index in [-0.39, 0.29) is 0 Å². The Balaban J connectivity index is 3.34. The number of rotatable bonds is 4. The van der Waals surface area contributed by atoms with Crippen LogP contribution in [0.15, 0.2) is 0 Å². The maximum Gasteiger partial charge on any atom is 0.137 e. The second kappa shape index (κ2) is 5.23. The van der Waals surface area contributed by atoms with Gasteiger partial charge in [-0.2, -0.15) is 5.26 Å². The van der Waals surface area contributed by atoms with Crippen molar-refractivity contribution in [2.45, 2.75) is 12.8 Å². The summed E-state index contributed by atoms with van der Waals surface area (Å²) in [6.07, 6.45) is 1.20. The maximum absolute atomic E-state index is 11.4. The summed E-state index contributed by atoms with van der Waals surface area (Å²) in [5.41, 5.74) is 0. The molecule has 0 bridgehead atoms. The van der Waals surface area contributed by atoms with Crippen LogP contribution in [-0.4, -0.2) is 13.0 Å².